The maximum Gasteiger partial charge on any atom is 0.338 e. The Morgan fingerprint density at radius 1 is 1.16 bits per heavy atom. The molecule has 0 unspecified atom stereocenters. The van der Waals surface area contributed by atoms with Crippen molar-refractivity contribution in [2.75, 3.05) is 6.61 Å². The highest BCUT2D eigenvalue weighted by atomic mass is 16.5. The summed E-state index contributed by atoms with van der Waals surface area (Å²) in [5.74, 6) is -0.811. The number of aryl methyl sites for hydroxylation is 2. The average molecular weight is 346 g/mol. The highest BCUT2D eigenvalue weighted by molar-refractivity contribution is 5.97. The standard InChI is InChI=1S/C19H26N2O4/c1-12-8-9-13(2)15(10-12)18(23)25-11-17(22)21-19(24)20-16-7-5-4-6-14(16)3/h8-10,14,16H,4-7,11H2,1-3H3,(H2,20,21,22,24)/t14-,16+/m0/s1. The van der Waals surface area contributed by atoms with Gasteiger partial charge >= 0.3 is 12.0 Å². The van der Waals surface area contributed by atoms with Crippen molar-refractivity contribution in [3.8, 4) is 0 Å². The number of rotatable bonds is 4. The fraction of sp³-hybridized carbons (Fsp3) is 0.526. The van der Waals surface area contributed by atoms with Crippen molar-refractivity contribution in [3.63, 3.8) is 0 Å². The number of benzene rings is 1. The molecule has 6 nitrogen and oxygen atoms in total. The molecule has 2 rings (SSSR count). The maximum atomic E-state index is 12.1. The minimum atomic E-state index is -0.639. The Bertz CT molecular complexity index is 657. The molecule has 0 aliphatic heterocycles. The number of hydrogen-bond acceptors (Lipinski definition) is 4. The van der Waals surface area contributed by atoms with E-state index < -0.39 is 24.5 Å². The summed E-state index contributed by atoms with van der Waals surface area (Å²) < 4.78 is 5.01. The molecule has 0 saturated heterocycles. The predicted octanol–water partition coefficient (Wildman–Crippen LogP) is 2.86. The number of carbonyl (C=O) groups excluding carboxylic acids is 3. The lowest BCUT2D eigenvalue weighted by molar-refractivity contribution is -0.123. The van der Waals surface area contributed by atoms with Crippen molar-refractivity contribution >= 4 is 17.9 Å². The van der Waals surface area contributed by atoms with Crippen LogP contribution in [-0.2, 0) is 9.53 Å². The van der Waals surface area contributed by atoms with Crippen LogP contribution in [0.2, 0.25) is 0 Å². The van der Waals surface area contributed by atoms with Gasteiger partial charge in [-0.05, 0) is 44.2 Å². The molecule has 136 valence electrons. The molecule has 0 spiro atoms. The van der Waals surface area contributed by atoms with E-state index >= 15 is 0 Å². The Morgan fingerprint density at radius 2 is 1.88 bits per heavy atom. The lowest BCUT2D eigenvalue weighted by Gasteiger charge is -2.29. The quantitative estimate of drug-likeness (QED) is 0.821. The minimum Gasteiger partial charge on any atom is -0.452 e. The third-order valence-electron chi connectivity index (χ3n) is 4.63. The normalized spacial score (nSPS) is 19.8. The van der Waals surface area contributed by atoms with Gasteiger partial charge in [-0.1, -0.05) is 37.5 Å². The molecule has 0 aromatic heterocycles. The molecule has 0 heterocycles. The smallest absolute Gasteiger partial charge is 0.338 e. The van der Waals surface area contributed by atoms with Crippen molar-refractivity contribution in [1.82, 2.24) is 10.6 Å². The lowest BCUT2D eigenvalue weighted by Crippen LogP contribution is -2.48. The second-order valence-electron chi connectivity index (χ2n) is 6.78. The molecule has 1 aliphatic carbocycles. The van der Waals surface area contributed by atoms with Crippen molar-refractivity contribution in [2.24, 2.45) is 5.92 Å². The Kier molecular flexibility index (Phi) is 6.56. The molecule has 25 heavy (non-hydrogen) atoms. The fourth-order valence-electron chi connectivity index (χ4n) is 3.06. The monoisotopic (exact) mass is 346 g/mol. The third kappa shape index (κ3) is 5.59. The Labute approximate surface area is 148 Å². The van der Waals surface area contributed by atoms with Crippen molar-refractivity contribution in [2.45, 2.75) is 52.5 Å². The van der Waals surface area contributed by atoms with Crippen LogP contribution in [0.5, 0.6) is 0 Å². The van der Waals surface area contributed by atoms with Crippen molar-refractivity contribution in [1.29, 1.82) is 0 Å². The molecule has 1 aromatic carbocycles. The van der Waals surface area contributed by atoms with Crippen LogP contribution in [0, 0.1) is 19.8 Å². The molecule has 1 saturated carbocycles. The third-order valence-corrected chi connectivity index (χ3v) is 4.63. The summed E-state index contributed by atoms with van der Waals surface area (Å²) in [6.45, 7) is 5.28. The number of esters is 1. The molecule has 1 aromatic rings. The molecule has 1 fully saturated rings. The van der Waals surface area contributed by atoms with E-state index in [1.807, 2.05) is 19.1 Å². The second-order valence-corrected chi connectivity index (χ2v) is 6.78. The van der Waals surface area contributed by atoms with Gasteiger partial charge < -0.3 is 10.1 Å². The van der Waals surface area contributed by atoms with Gasteiger partial charge in [0.05, 0.1) is 5.56 Å². The number of imide groups is 1. The topological polar surface area (TPSA) is 84.5 Å². The number of amides is 3. The Hall–Kier alpha value is -2.37. The van der Waals surface area contributed by atoms with Gasteiger partial charge in [0.25, 0.3) is 5.91 Å². The SMILES string of the molecule is Cc1ccc(C)c(C(=O)OCC(=O)NC(=O)N[C@@H]2CCCC[C@@H]2C)c1. The number of urea groups is 1. The first-order valence-electron chi connectivity index (χ1n) is 8.71. The van der Waals surface area contributed by atoms with E-state index in [0.717, 1.165) is 30.4 Å². The maximum absolute atomic E-state index is 12.1. The molecule has 0 bridgehead atoms. The van der Waals surface area contributed by atoms with Crippen molar-refractivity contribution < 1.29 is 19.1 Å². The van der Waals surface area contributed by atoms with Gasteiger partial charge in [-0.25, -0.2) is 9.59 Å². The van der Waals surface area contributed by atoms with Gasteiger partial charge in [-0.3, -0.25) is 10.1 Å². The summed E-state index contributed by atoms with van der Waals surface area (Å²) in [7, 11) is 0. The van der Waals surface area contributed by atoms with Crippen LogP contribution < -0.4 is 10.6 Å². The zero-order valence-electron chi connectivity index (χ0n) is 15.1. The highest BCUT2D eigenvalue weighted by Crippen LogP contribution is 2.23. The largest absolute Gasteiger partial charge is 0.452 e. The van der Waals surface area contributed by atoms with Gasteiger partial charge in [-0.15, -0.1) is 0 Å². The van der Waals surface area contributed by atoms with E-state index in [-0.39, 0.29) is 6.04 Å². The fourth-order valence-corrected chi connectivity index (χ4v) is 3.06. The summed E-state index contributed by atoms with van der Waals surface area (Å²) in [4.78, 5) is 35.8. The molecule has 2 N–H and O–H groups in total. The molecule has 0 radical (unpaired) electrons. The van der Waals surface area contributed by atoms with E-state index in [4.69, 9.17) is 4.74 Å². The number of carbonyl (C=O) groups is 3. The first kappa shape index (κ1) is 19.0. The summed E-state index contributed by atoms with van der Waals surface area (Å²) in [5.41, 5.74) is 2.14. The summed E-state index contributed by atoms with van der Waals surface area (Å²) in [6, 6.07) is 4.98. The molecular formula is C19H26N2O4. The van der Waals surface area contributed by atoms with Crippen LogP contribution in [0.4, 0.5) is 4.79 Å². The van der Waals surface area contributed by atoms with Crippen LogP contribution in [0.3, 0.4) is 0 Å². The van der Waals surface area contributed by atoms with Gasteiger partial charge in [0.2, 0.25) is 0 Å². The van der Waals surface area contributed by atoms with E-state index in [1.165, 1.54) is 6.42 Å². The van der Waals surface area contributed by atoms with E-state index in [1.54, 1.807) is 13.0 Å². The summed E-state index contributed by atoms with van der Waals surface area (Å²) >= 11 is 0. The van der Waals surface area contributed by atoms with Gasteiger partial charge in [-0.2, -0.15) is 0 Å². The molecule has 3 amide bonds. The molecular weight excluding hydrogens is 320 g/mol. The number of nitrogens with one attached hydrogen (secondary N) is 2. The summed E-state index contributed by atoms with van der Waals surface area (Å²) in [6.07, 6.45) is 4.25. The molecule has 1 aliphatic rings. The van der Waals surface area contributed by atoms with Crippen LogP contribution in [-0.4, -0.2) is 30.6 Å². The number of ether oxygens (including phenoxy) is 1. The Morgan fingerprint density at radius 3 is 2.60 bits per heavy atom. The minimum absolute atomic E-state index is 0.0824. The van der Waals surface area contributed by atoms with Crippen LogP contribution in [0.15, 0.2) is 18.2 Å². The lowest BCUT2D eigenvalue weighted by atomic mass is 9.86. The first-order valence-corrected chi connectivity index (χ1v) is 8.71. The van der Waals surface area contributed by atoms with Gasteiger partial charge in [0.1, 0.15) is 0 Å². The van der Waals surface area contributed by atoms with Crippen molar-refractivity contribution in [3.05, 3.63) is 34.9 Å². The predicted molar refractivity (Wildman–Crippen MR) is 94.3 cm³/mol. The first-order chi connectivity index (χ1) is 11.9. The van der Waals surface area contributed by atoms with Gasteiger partial charge in [0, 0.05) is 6.04 Å². The summed E-state index contributed by atoms with van der Waals surface area (Å²) in [5, 5.41) is 5.04. The zero-order chi connectivity index (χ0) is 18.4. The zero-order valence-corrected chi connectivity index (χ0v) is 15.1. The van der Waals surface area contributed by atoms with E-state index in [9.17, 15) is 14.4 Å². The van der Waals surface area contributed by atoms with E-state index in [0.29, 0.717) is 11.5 Å². The number of hydrogen-bond donors (Lipinski definition) is 2. The molecule has 6 heteroatoms. The van der Waals surface area contributed by atoms with Crippen LogP contribution in [0.25, 0.3) is 0 Å². The van der Waals surface area contributed by atoms with E-state index in [2.05, 4.69) is 17.6 Å². The second kappa shape index (κ2) is 8.65. The Balaban J connectivity index is 1.79. The van der Waals surface area contributed by atoms with Crippen LogP contribution in [0.1, 0.15) is 54.1 Å². The molecule has 2 atom stereocenters. The average Bonchev–Trinajstić information content (AvgIpc) is 2.57. The highest BCUT2D eigenvalue weighted by Gasteiger charge is 2.23. The van der Waals surface area contributed by atoms with Gasteiger partial charge in [0.15, 0.2) is 6.61 Å². The van der Waals surface area contributed by atoms with Crippen LogP contribution >= 0.6 is 0 Å².